The van der Waals surface area contributed by atoms with Gasteiger partial charge in [-0.15, -0.1) is 0 Å². The number of aliphatic hydroxyl groups excluding tert-OH is 1. The van der Waals surface area contributed by atoms with Crippen molar-refractivity contribution >= 4 is 22.4 Å². The Bertz CT molecular complexity index is 669. The Balaban J connectivity index is 2.18. The third-order valence-corrected chi connectivity index (χ3v) is 3.44. The molecule has 124 valence electrons. The first-order chi connectivity index (χ1) is 11.0. The average molecular weight is 317 g/mol. The topological polar surface area (TPSA) is 67.8 Å². The summed E-state index contributed by atoms with van der Waals surface area (Å²) < 4.78 is 10.2. The smallest absolute Gasteiger partial charge is 0.339 e. The Labute approximate surface area is 136 Å². The molecule has 2 aromatic rings. The van der Waals surface area contributed by atoms with Crippen LogP contribution >= 0.6 is 0 Å². The van der Waals surface area contributed by atoms with Crippen molar-refractivity contribution in [1.82, 2.24) is 0 Å². The average Bonchev–Trinajstić information content (AvgIpc) is 2.56. The molecule has 1 atom stereocenters. The number of carbonyl (C=O) groups excluding carboxylic acids is 1. The molecule has 0 aromatic heterocycles. The minimum Gasteiger partial charge on any atom is -0.465 e. The van der Waals surface area contributed by atoms with Crippen LogP contribution in [-0.4, -0.2) is 43.5 Å². The second kappa shape index (κ2) is 7.94. The van der Waals surface area contributed by atoms with Gasteiger partial charge in [0.2, 0.25) is 0 Å². The van der Waals surface area contributed by atoms with Gasteiger partial charge in [0.15, 0.2) is 0 Å². The summed E-state index contributed by atoms with van der Waals surface area (Å²) in [6.45, 7) is 4.36. The highest BCUT2D eigenvalue weighted by molar-refractivity contribution is 6.01. The Morgan fingerprint density at radius 3 is 2.48 bits per heavy atom. The number of anilines is 1. The zero-order valence-electron chi connectivity index (χ0n) is 13.7. The lowest BCUT2D eigenvalue weighted by Gasteiger charge is -2.17. The molecule has 0 aliphatic rings. The highest BCUT2D eigenvalue weighted by Gasteiger charge is 2.14. The standard InChI is InChI=1S/C18H23NO4/c1-12(2)23-11-15(20)10-19-17-9-14-7-5-4-6-13(14)8-16(17)18(21)22-3/h4-9,12,15,19-20H,10-11H2,1-3H3. The molecule has 0 aliphatic heterocycles. The Morgan fingerprint density at radius 2 is 1.87 bits per heavy atom. The maximum atomic E-state index is 12.0. The van der Waals surface area contributed by atoms with E-state index in [1.54, 1.807) is 6.07 Å². The lowest BCUT2D eigenvalue weighted by Crippen LogP contribution is -2.27. The Morgan fingerprint density at radius 1 is 1.22 bits per heavy atom. The van der Waals surface area contributed by atoms with Crippen molar-refractivity contribution in [3.63, 3.8) is 0 Å². The van der Waals surface area contributed by atoms with E-state index in [-0.39, 0.29) is 19.3 Å². The number of benzene rings is 2. The van der Waals surface area contributed by atoms with Crippen LogP contribution in [0.25, 0.3) is 10.8 Å². The first-order valence-corrected chi connectivity index (χ1v) is 7.66. The number of aliphatic hydroxyl groups is 1. The number of ether oxygens (including phenoxy) is 2. The molecule has 2 aromatic carbocycles. The third-order valence-electron chi connectivity index (χ3n) is 3.44. The van der Waals surface area contributed by atoms with Crippen molar-refractivity contribution < 1.29 is 19.4 Å². The Hall–Kier alpha value is -2.11. The molecule has 0 bridgehead atoms. The monoisotopic (exact) mass is 317 g/mol. The van der Waals surface area contributed by atoms with Gasteiger partial charge in [0.05, 0.1) is 31.5 Å². The highest BCUT2D eigenvalue weighted by atomic mass is 16.5. The predicted molar refractivity (Wildman–Crippen MR) is 90.9 cm³/mol. The Kier molecular flexibility index (Phi) is 5.96. The van der Waals surface area contributed by atoms with Gasteiger partial charge in [0.25, 0.3) is 0 Å². The fourth-order valence-electron chi connectivity index (χ4n) is 2.26. The number of rotatable bonds is 7. The van der Waals surface area contributed by atoms with Gasteiger partial charge in [-0.3, -0.25) is 0 Å². The molecule has 0 fully saturated rings. The largest absolute Gasteiger partial charge is 0.465 e. The van der Waals surface area contributed by atoms with Crippen LogP contribution < -0.4 is 5.32 Å². The summed E-state index contributed by atoms with van der Waals surface area (Å²) in [7, 11) is 1.35. The van der Waals surface area contributed by atoms with Crippen molar-refractivity contribution in [3.05, 3.63) is 42.0 Å². The summed E-state index contributed by atoms with van der Waals surface area (Å²) in [6, 6.07) is 11.5. The van der Waals surface area contributed by atoms with Gasteiger partial charge in [-0.2, -0.15) is 0 Å². The van der Waals surface area contributed by atoms with Gasteiger partial charge < -0.3 is 19.9 Å². The molecule has 5 heteroatoms. The van der Waals surface area contributed by atoms with Crippen molar-refractivity contribution in [2.75, 3.05) is 25.6 Å². The van der Waals surface area contributed by atoms with Gasteiger partial charge in [-0.1, -0.05) is 24.3 Å². The highest BCUT2D eigenvalue weighted by Crippen LogP contribution is 2.25. The molecule has 2 rings (SSSR count). The number of carbonyl (C=O) groups is 1. The predicted octanol–water partition coefficient (Wildman–Crippen LogP) is 2.82. The molecule has 23 heavy (non-hydrogen) atoms. The summed E-state index contributed by atoms with van der Waals surface area (Å²) >= 11 is 0. The first-order valence-electron chi connectivity index (χ1n) is 7.66. The molecule has 0 saturated carbocycles. The molecule has 0 saturated heterocycles. The molecule has 0 spiro atoms. The van der Waals surface area contributed by atoms with Gasteiger partial charge >= 0.3 is 5.97 Å². The quantitative estimate of drug-likeness (QED) is 0.769. The van der Waals surface area contributed by atoms with E-state index in [9.17, 15) is 9.90 Å². The minimum atomic E-state index is -0.658. The number of fused-ring (bicyclic) bond motifs is 1. The number of esters is 1. The second-order valence-electron chi connectivity index (χ2n) is 5.65. The van der Waals surface area contributed by atoms with Crippen LogP contribution in [0.3, 0.4) is 0 Å². The van der Waals surface area contributed by atoms with Crippen molar-refractivity contribution in [3.8, 4) is 0 Å². The molecule has 0 aliphatic carbocycles. The van der Waals surface area contributed by atoms with Crippen molar-refractivity contribution in [2.45, 2.75) is 26.1 Å². The minimum absolute atomic E-state index is 0.0657. The van der Waals surface area contributed by atoms with Gasteiger partial charge in [-0.05, 0) is 36.8 Å². The van der Waals surface area contributed by atoms with E-state index >= 15 is 0 Å². The lowest BCUT2D eigenvalue weighted by atomic mass is 10.0. The number of hydrogen-bond donors (Lipinski definition) is 2. The summed E-state index contributed by atoms with van der Waals surface area (Å²) in [5, 5.41) is 15.0. The van der Waals surface area contributed by atoms with E-state index in [0.717, 1.165) is 10.8 Å². The summed E-state index contributed by atoms with van der Waals surface area (Å²) in [6.07, 6.45) is -0.592. The van der Waals surface area contributed by atoms with E-state index in [2.05, 4.69) is 5.32 Å². The lowest BCUT2D eigenvalue weighted by molar-refractivity contribution is 0.0112. The maximum absolute atomic E-state index is 12.0. The van der Waals surface area contributed by atoms with Crippen LogP contribution in [0.2, 0.25) is 0 Å². The number of nitrogens with one attached hydrogen (secondary N) is 1. The number of methoxy groups -OCH3 is 1. The normalized spacial score (nSPS) is 12.4. The van der Waals surface area contributed by atoms with Crippen LogP contribution in [0.15, 0.2) is 36.4 Å². The molecule has 5 nitrogen and oxygen atoms in total. The van der Waals surface area contributed by atoms with Gasteiger partial charge in [-0.25, -0.2) is 4.79 Å². The van der Waals surface area contributed by atoms with Crippen LogP contribution in [0.5, 0.6) is 0 Å². The van der Waals surface area contributed by atoms with Crippen LogP contribution in [0.1, 0.15) is 24.2 Å². The van der Waals surface area contributed by atoms with Crippen LogP contribution in [0, 0.1) is 0 Å². The molecular formula is C18H23NO4. The summed E-state index contributed by atoms with van der Waals surface area (Å²) in [5.74, 6) is -0.411. The second-order valence-corrected chi connectivity index (χ2v) is 5.65. The van der Waals surface area contributed by atoms with E-state index in [1.807, 2.05) is 44.2 Å². The molecule has 0 amide bonds. The molecular weight excluding hydrogens is 294 g/mol. The SMILES string of the molecule is COC(=O)c1cc2ccccc2cc1NCC(O)COC(C)C. The fourth-order valence-corrected chi connectivity index (χ4v) is 2.26. The molecule has 0 heterocycles. The van der Waals surface area contributed by atoms with E-state index in [4.69, 9.17) is 9.47 Å². The van der Waals surface area contributed by atoms with Gasteiger partial charge in [0.1, 0.15) is 0 Å². The maximum Gasteiger partial charge on any atom is 0.339 e. The van der Waals surface area contributed by atoms with Crippen LogP contribution in [0.4, 0.5) is 5.69 Å². The summed E-state index contributed by atoms with van der Waals surface area (Å²) in [5.41, 5.74) is 1.09. The van der Waals surface area contributed by atoms with Crippen LogP contribution in [-0.2, 0) is 9.47 Å². The number of hydrogen-bond acceptors (Lipinski definition) is 5. The summed E-state index contributed by atoms with van der Waals surface area (Å²) in [4.78, 5) is 12.0. The van der Waals surface area contributed by atoms with Crippen molar-refractivity contribution in [2.24, 2.45) is 0 Å². The van der Waals surface area contributed by atoms with Gasteiger partial charge in [0, 0.05) is 12.2 Å². The molecule has 1 unspecified atom stereocenters. The van der Waals surface area contributed by atoms with E-state index in [0.29, 0.717) is 11.3 Å². The zero-order chi connectivity index (χ0) is 16.8. The molecule has 2 N–H and O–H groups in total. The van der Waals surface area contributed by atoms with Crippen molar-refractivity contribution in [1.29, 1.82) is 0 Å². The first kappa shape index (κ1) is 17.2. The third kappa shape index (κ3) is 4.68. The van der Waals surface area contributed by atoms with E-state index in [1.165, 1.54) is 7.11 Å². The molecule has 0 radical (unpaired) electrons. The van der Waals surface area contributed by atoms with E-state index < -0.39 is 12.1 Å². The zero-order valence-corrected chi connectivity index (χ0v) is 13.7. The fraction of sp³-hybridized carbons (Fsp3) is 0.389.